The number of carbonyl (C=O) groups excluding carboxylic acids is 2. The lowest BCUT2D eigenvalue weighted by molar-refractivity contribution is -0.141. The smallest absolute Gasteiger partial charge is 0.341 e. The van der Waals surface area contributed by atoms with Crippen molar-refractivity contribution >= 4 is 17.8 Å². The number of carboxylic acids is 1. The first-order valence-electron chi connectivity index (χ1n) is 12.4. The van der Waals surface area contributed by atoms with Crippen LogP contribution < -0.4 is 15.8 Å². The normalized spacial score (nSPS) is 19.7. The predicted molar refractivity (Wildman–Crippen MR) is 140 cm³/mol. The maximum Gasteiger partial charge on any atom is 0.341 e. The summed E-state index contributed by atoms with van der Waals surface area (Å²) in [6.07, 6.45) is -1.29. The average Bonchev–Trinajstić information content (AvgIpc) is 3.27. The standard InChI is InChI=1S/C29H31N3O6/c1-18(30)29(37)32-16-22(21-14-8-9-15-23(21)38-17-24(33)34)27(35)26(32)28(36)31-25(19-10-4-2-5-11-19)20-12-6-3-7-13-20/h2-15,18,22,25-27,35H,16-17,30H2,1H3,(H,31,36)(H,33,34)/t18-,22+,26-,27+/m0/s1. The lowest BCUT2D eigenvalue weighted by Crippen LogP contribution is -2.54. The lowest BCUT2D eigenvalue weighted by atomic mass is 9.92. The second kappa shape index (κ2) is 11.9. The highest BCUT2D eigenvalue weighted by Gasteiger charge is 2.49. The molecule has 9 heteroatoms. The van der Waals surface area contributed by atoms with Gasteiger partial charge in [0.25, 0.3) is 0 Å². The maximum absolute atomic E-state index is 13.8. The molecule has 0 bridgehead atoms. The van der Waals surface area contributed by atoms with Gasteiger partial charge in [-0.1, -0.05) is 78.9 Å². The van der Waals surface area contributed by atoms with Crippen molar-refractivity contribution in [2.24, 2.45) is 5.73 Å². The van der Waals surface area contributed by atoms with Crippen molar-refractivity contribution in [2.75, 3.05) is 13.2 Å². The van der Waals surface area contributed by atoms with Crippen LogP contribution in [0.4, 0.5) is 0 Å². The Morgan fingerprint density at radius 1 is 0.974 bits per heavy atom. The monoisotopic (exact) mass is 517 g/mol. The minimum atomic E-state index is -1.29. The van der Waals surface area contributed by atoms with Crippen LogP contribution in [-0.4, -0.2) is 64.2 Å². The Balaban J connectivity index is 1.67. The van der Waals surface area contributed by atoms with E-state index in [-0.39, 0.29) is 12.3 Å². The summed E-state index contributed by atoms with van der Waals surface area (Å²) in [4.78, 5) is 39.3. The molecule has 1 fully saturated rings. The first-order valence-corrected chi connectivity index (χ1v) is 12.4. The minimum absolute atomic E-state index is 0.00835. The van der Waals surface area contributed by atoms with Gasteiger partial charge in [-0.25, -0.2) is 4.79 Å². The van der Waals surface area contributed by atoms with Gasteiger partial charge >= 0.3 is 5.97 Å². The molecule has 9 nitrogen and oxygen atoms in total. The van der Waals surface area contributed by atoms with Crippen molar-refractivity contribution in [1.29, 1.82) is 0 Å². The average molecular weight is 518 g/mol. The summed E-state index contributed by atoms with van der Waals surface area (Å²) in [6.45, 7) is 0.966. The van der Waals surface area contributed by atoms with Crippen LogP contribution in [0, 0.1) is 0 Å². The molecule has 1 aliphatic heterocycles. The number of carbonyl (C=O) groups is 3. The van der Waals surface area contributed by atoms with Crippen LogP contribution in [0.1, 0.15) is 35.6 Å². The number of carboxylic acid groups (broad SMARTS) is 1. The third-order valence-corrected chi connectivity index (χ3v) is 6.63. The molecule has 4 rings (SSSR count). The number of aliphatic carboxylic acids is 1. The van der Waals surface area contributed by atoms with Crippen molar-refractivity contribution in [3.05, 3.63) is 102 Å². The van der Waals surface area contributed by atoms with Gasteiger partial charge in [0.15, 0.2) is 6.61 Å². The fourth-order valence-electron chi connectivity index (χ4n) is 4.84. The van der Waals surface area contributed by atoms with E-state index in [1.54, 1.807) is 24.3 Å². The Bertz CT molecular complexity index is 1230. The number of nitrogens with one attached hydrogen (secondary N) is 1. The third-order valence-electron chi connectivity index (χ3n) is 6.63. The quantitative estimate of drug-likeness (QED) is 0.340. The third kappa shape index (κ3) is 5.85. The SMILES string of the molecule is C[C@H](N)C(=O)N1C[C@H](c2ccccc2OCC(=O)O)[C@@H](O)[C@H]1C(=O)NC(c1ccccc1)c1ccccc1. The fraction of sp³-hybridized carbons (Fsp3) is 0.276. The van der Waals surface area contributed by atoms with E-state index in [4.69, 9.17) is 15.6 Å². The summed E-state index contributed by atoms with van der Waals surface area (Å²) in [5, 5.41) is 23.5. The summed E-state index contributed by atoms with van der Waals surface area (Å²) in [6, 6.07) is 22.9. The maximum atomic E-state index is 13.8. The van der Waals surface area contributed by atoms with E-state index >= 15 is 0 Å². The molecule has 198 valence electrons. The zero-order valence-corrected chi connectivity index (χ0v) is 20.9. The largest absolute Gasteiger partial charge is 0.482 e. The van der Waals surface area contributed by atoms with E-state index in [0.717, 1.165) is 11.1 Å². The van der Waals surface area contributed by atoms with Gasteiger partial charge in [0.1, 0.15) is 11.8 Å². The number of nitrogens with zero attached hydrogens (tertiary/aromatic N) is 1. The van der Waals surface area contributed by atoms with E-state index < -0.39 is 54.5 Å². The molecule has 0 aromatic heterocycles. The van der Waals surface area contributed by atoms with E-state index in [2.05, 4.69) is 5.32 Å². The van der Waals surface area contributed by atoms with E-state index in [9.17, 15) is 19.5 Å². The number of rotatable bonds is 9. The number of hydrogen-bond donors (Lipinski definition) is 4. The molecule has 4 atom stereocenters. The van der Waals surface area contributed by atoms with Crippen molar-refractivity contribution in [2.45, 2.75) is 37.1 Å². The van der Waals surface area contributed by atoms with Gasteiger partial charge in [-0.2, -0.15) is 0 Å². The van der Waals surface area contributed by atoms with Crippen LogP contribution >= 0.6 is 0 Å². The summed E-state index contributed by atoms with van der Waals surface area (Å²) in [7, 11) is 0. The first-order chi connectivity index (χ1) is 18.3. The topological polar surface area (TPSA) is 142 Å². The summed E-state index contributed by atoms with van der Waals surface area (Å²) >= 11 is 0. The number of para-hydroxylation sites is 1. The molecule has 1 heterocycles. The Morgan fingerprint density at radius 2 is 1.53 bits per heavy atom. The highest BCUT2D eigenvalue weighted by Crippen LogP contribution is 2.38. The summed E-state index contributed by atoms with van der Waals surface area (Å²) in [5.41, 5.74) is 8.09. The second-order valence-electron chi connectivity index (χ2n) is 9.30. The predicted octanol–water partition coefficient (Wildman–Crippen LogP) is 2.06. The Hall–Kier alpha value is -4.21. The lowest BCUT2D eigenvalue weighted by Gasteiger charge is -2.29. The molecule has 3 aromatic carbocycles. The summed E-state index contributed by atoms with van der Waals surface area (Å²) in [5.74, 6) is -2.60. The number of hydrogen-bond acceptors (Lipinski definition) is 6. The zero-order chi connectivity index (χ0) is 27.2. The van der Waals surface area contributed by atoms with Crippen LogP contribution in [0.2, 0.25) is 0 Å². The van der Waals surface area contributed by atoms with Crippen molar-refractivity contribution in [3.8, 4) is 5.75 Å². The molecule has 1 aliphatic rings. The molecule has 0 spiro atoms. The molecule has 5 N–H and O–H groups in total. The number of benzene rings is 3. The van der Waals surface area contributed by atoms with Gasteiger partial charge in [-0.3, -0.25) is 9.59 Å². The molecule has 0 saturated carbocycles. The van der Waals surface area contributed by atoms with Crippen molar-refractivity contribution in [3.63, 3.8) is 0 Å². The second-order valence-corrected chi connectivity index (χ2v) is 9.30. The minimum Gasteiger partial charge on any atom is -0.482 e. The van der Waals surface area contributed by atoms with Crippen LogP contribution in [0.5, 0.6) is 5.75 Å². The van der Waals surface area contributed by atoms with Gasteiger partial charge in [0, 0.05) is 18.0 Å². The number of amides is 2. The number of likely N-dealkylation sites (tertiary alicyclic amines) is 1. The van der Waals surface area contributed by atoms with Gasteiger partial charge in [0.05, 0.1) is 18.2 Å². The fourth-order valence-corrected chi connectivity index (χ4v) is 4.84. The molecule has 1 saturated heterocycles. The summed E-state index contributed by atoms with van der Waals surface area (Å²) < 4.78 is 5.44. The van der Waals surface area contributed by atoms with Gasteiger partial charge < -0.3 is 30.9 Å². The molecule has 2 amide bonds. The van der Waals surface area contributed by atoms with Crippen molar-refractivity contribution < 1.29 is 29.3 Å². The molecule has 0 aliphatic carbocycles. The van der Waals surface area contributed by atoms with Gasteiger partial charge in [0.2, 0.25) is 11.8 Å². The Kier molecular flexibility index (Phi) is 8.40. The Morgan fingerprint density at radius 3 is 2.08 bits per heavy atom. The van der Waals surface area contributed by atoms with E-state index in [1.807, 2.05) is 60.7 Å². The highest BCUT2D eigenvalue weighted by atomic mass is 16.5. The number of aliphatic hydroxyl groups is 1. The molecule has 3 aromatic rings. The highest BCUT2D eigenvalue weighted by molar-refractivity contribution is 5.91. The zero-order valence-electron chi connectivity index (χ0n) is 20.9. The molecular weight excluding hydrogens is 486 g/mol. The molecule has 0 unspecified atom stereocenters. The molecule has 0 radical (unpaired) electrons. The first kappa shape index (κ1) is 26.8. The van der Waals surface area contributed by atoms with E-state index in [0.29, 0.717) is 5.56 Å². The van der Waals surface area contributed by atoms with E-state index in [1.165, 1.54) is 11.8 Å². The van der Waals surface area contributed by atoms with Crippen LogP contribution in [0.3, 0.4) is 0 Å². The number of ether oxygens (including phenoxy) is 1. The van der Waals surface area contributed by atoms with Gasteiger partial charge in [-0.15, -0.1) is 0 Å². The van der Waals surface area contributed by atoms with Crippen molar-refractivity contribution in [1.82, 2.24) is 10.2 Å². The van der Waals surface area contributed by atoms with Crippen LogP contribution in [-0.2, 0) is 14.4 Å². The molecule has 38 heavy (non-hydrogen) atoms. The van der Waals surface area contributed by atoms with Crippen LogP contribution in [0.15, 0.2) is 84.9 Å². The van der Waals surface area contributed by atoms with Gasteiger partial charge in [-0.05, 0) is 24.1 Å². The van der Waals surface area contributed by atoms with Crippen LogP contribution in [0.25, 0.3) is 0 Å². The Labute approximate surface area is 220 Å². The molecular formula is C29H31N3O6. The number of nitrogens with two attached hydrogens (primary N) is 1. The number of aliphatic hydroxyl groups excluding tert-OH is 1.